The van der Waals surface area contributed by atoms with Crippen molar-refractivity contribution in [2.24, 2.45) is 0 Å². The lowest BCUT2D eigenvalue weighted by Gasteiger charge is -2.04. The Morgan fingerprint density at radius 1 is 1.53 bits per heavy atom. The van der Waals surface area contributed by atoms with Crippen LogP contribution in [0.15, 0.2) is 29.3 Å². The highest BCUT2D eigenvalue weighted by Crippen LogP contribution is 2.09. The third kappa shape index (κ3) is 2.31. The Labute approximate surface area is 96.6 Å². The molecular formula is C11H11N3O3. The van der Waals surface area contributed by atoms with Gasteiger partial charge < -0.3 is 15.0 Å². The fourth-order valence-electron chi connectivity index (χ4n) is 1.45. The summed E-state index contributed by atoms with van der Waals surface area (Å²) in [4.78, 5) is 29.6. The molecule has 1 amide bonds. The van der Waals surface area contributed by atoms with Crippen molar-refractivity contribution in [2.75, 3.05) is 13.8 Å². The minimum Gasteiger partial charge on any atom is -0.364 e. The summed E-state index contributed by atoms with van der Waals surface area (Å²) in [5, 5.41) is 2.93. The number of rotatable bonds is 3. The van der Waals surface area contributed by atoms with E-state index in [0.717, 1.165) is 0 Å². The number of nitrogens with one attached hydrogen (secondary N) is 2. The average molecular weight is 233 g/mol. The molecule has 0 radical (unpaired) electrons. The molecule has 0 fully saturated rings. The second-order valence-electron chi connectivity index (χ2n) is 3.40. The summed E-state index contributed by atoms with van der Waals surface area (Å²) in [6.07, 6.45) is 1.33. The molecule has 1 aromatic heterocycles. The first-order valence-corrected chi connectivity index (χ1v) is 4.97. The summed E-state index contributed by atoms with van der Waals surface area (Å²) in [5.41, 5.74) is 0.682. The summed E-state index contributed by atoms with van der Waals surface area (Å²) in [7, 11) is 1.48. The lowest BCUT2D eigenvalue weighted by Crippen LogP contribution is -2.25. The van der Waals surface area contributed by atoms with Crippen LogP contribution in [0.1, 0.15) is 10.4 Å². The van der Waals surface area contributed by atoms with Crippen LogP contribution in [0, 0.1) is 0 Å². The fraction of sp³-hybridized carbons (Fsp3) is 0.182. The predicted octanol–water partition coefficient (Wildman–Crippen LogP) is 0.257. The number of H-pyrrole nitrogens is 1. The standard InChI is InChI=1S/C11H11N3O3/c1-17-6-14-10(15)7-2-3-9-8(4-7)11(16)13-5-12-9/h2-5H,6H2,1H3,(H,14,15)(H,12,13,16). The highest BCUT2D eigenvalue weighted by molar-refractivity contribution is 5.97. The smallest absolute Gasteiger partial charge is 0.258 e. The molecule has 17 heavy (non-hydrogen) atoms. The van der Waals surface area contributed by atoms with Crippen molar-refractivity contribution in [1.29, 1.82) is 0 Å². The van der Waals surface area contributed by atoms with E-state index >= 15 is 0 Å². The summed E-state index contributed by atoms with van der Waals surface area (Å²) in [5.74, 6) is -0.294. The number of aromatic amines is 1. The van der Waals surface area contributed by atoms with Crippen LogP contribution in [-0.2, 0) is 4.74 Å². The van der Waals surface area contributed by atoms with E-state index in [9.17, 15) is 9.59 Å². The van der Waals surface area contributed by atoms with Gasteiger partial charge in [0, 0.05) is 12.7 Å². The number of carbonyl (C=O) groups is 1. The molecular weight excluding hydrogens is 222 g/mol. The van der Waals surface area contributed by atoms with E-state index in [-0.39, 0.29) is 18.2 Å². The fourth-order valence-corrected chi connectivity index (χ4v) is 1.45. The number of hydrogen-bond donors (Lipinski definition) is 2. The highest BCUT2D eigenvalue weighted by Gasteiger charge is 2.07. The SMILES string of the molecule is COCNC(=O)c1ccc2nc[nH]c(=O)c2c1. The predicted molar refractivity (Wildman–Crippen MR) is 61.7 cm³/mol. The zero-order chi connectivity index (χ0) is 12.3. The van der Waals surface area contributed by atoms with Crippen LogP contribution in [-0.4, -0.2) is 29.7 Å². The molecule has 1 heterocycles. The zero-order valence-electron chi connectivity index (χ0n) is 9.19. The van der Waals surface area contributed by atoms with Gasteiger partial charge in [-0.2, -0.15) is 0 Å². The molecule has 6 heteroatoms. The van der Waals surface area contributed by atoms with Crippen LogP contribution in [0.2, 0.25) is 0 Å². The van der Waals surface area contributed by atoms with Crippen molar-refractivity contribution in [1.82, 2.24) is 15.3 Å². The Kier molecular flexibility index (Phi) is 3.15. The van der Waals surface area contributed by atoms with Crippen molar-refractivity contribution < 1.29 is 9.53 Å². The van der Waals surface area contributed by atoms with E-state index in [1.165, 1.54) is 19.5 Å². The van der Waals surface area contributed by atoms with Gasteiger partial charge >= 0.3 is 0 Å². The minimum atomic E-state index is -0.294. The molecule has 2 N–H and O–H groups in total. The number of fused-ring (bicyclic) bond motifs is 1. The van der Waals surface area contributed by atoms with Gasteiger partial charge in [-0.25, -0.2) is 4.98 Å². The normalized spacial score (nSPS) is 10.4. The molecule has 2 aromatic rings. The van der Waals surface area contributed by atoms with Gasteiger partial charge in [0.25, 0.3) is 11.5 Å². The molecule has 0 aliphatic carbocycles. The first-order chi connectivity index (χ1) is 8.22. The molecule has 0 saturated heterocycles. The maximum Gasteiger partial charge on any atom is 0.258 e. The molecule has 88 valence electrons. The van der Waals surface area contributed by atoms with Crippen molar-refractivity contribution >= 4 is 16.8 Å². The lowest BCUT2D eigenvalue weighted by atomic mass is 10.1. The van der Waals surface area contributed by atoms with Gasteiger partial charge in [0.05, 0.1) is 17.2 Å². The van der Waals surface area contributed by atoms with Crippen LogP contribution in [0.3, 0.4) is 0 Å². The molecule has 0 aliphatic rings. The Morgan fingerprint density at radius 3 is 3.12 bits per heavy atom. The Morgan fingerprint density at radius 2 is 2.35 bits per heavy atom. The molecule has 0 aliphatic heterocycles. The van der Waals surface area contributed by atoms with Crippen LogP contribution in [0.25, 0.3) is 10.9 Å². The quantitative estimate of drug-likeness (QED) is 0.744. The number of ether oxygens (including phenoxy) is 1. The second-order valence-corrected chi connectivity index (χ2v) is 3.40. The average Bonchev–Trinajstić information content (AvgIpc) is 2.36. The first-order valence-electron chi connectivity index (χ1n) is 4.97. The summed E-state index contributed by atoms with van der Waals surface area (Å²) in [6, 6.07) is 4.75. The van der Waals surface area contributed by atoms with Gasteiger partial charge in [0.2, 0.25) is 0 Å². The molecule has 0 bridgehead atoms. The maximum atomic E-state index is 11.6. The third-order valence-electron chi connectivity index (χ3n) is 2.28. The molecule has 0 atom stereocenters. The van der Waals surface area contributed by atoms with Gasteiger partial charge in [0.1, 0.15) is 6.73 Å². The Bertz CT molecular complexity index is 606. The molecule has 6 nitrogen and oxygen atoms in total. The van der Waals surface area contributed by atoms with Crippen molar-refractivity contribution in [3.63, 3.8) is 0 Å². The number of methoxy groups -OCH3 is 1. The highest BCUT2D eigenvalue weighted by atomic mass is 16.5. The van der Waals surface area contributed by atoms with Crippen molar-refractivity contribution in [2.45, 2.75) is 0 Å². The van der Waals surface area contributed by atoms with Crippen molar-refractivity contribution in [3.8, 4) is 0 Å². The number of aromatic nitrogens is 2. The van der Waals surface area contributed by atoms with Gasteiger partial charge in [-0.05, 0) is 18.2 Å². The summed E-state index contributed by atoms with van der Waals surface area (Å²) >= 11 is 0. The summed E-state index contributed by atoms with van der Waals surface area (Å²) in [6.45, 7) is 0.125. The van der Waals surface area contributed by atoms with E-state index in [0.29, 0.717) is 16.5 Å². The monoisotopic (exact) mass is 233 g/mol. The third-order valence-corrected chi connectivity index (χ3v) is 2.28. The molecule has 0 spiro atoms. The number of nitrogens with zero attached hydrogens (tertiary/aromatic N) is 1. The first kappa shape index (κ1) is 11.3. The van der Waals surface area contributed by atoms with Crippen molar-refractivity contribution in [3.05, 3.63) is 40.4 Å². The van der Waals surface area contributed by atoms with E-state index in [4.69, 9.17) is 4.74 Å². The number of carbonyl (C=O) groups excluding carboxylic acids is 1. The van der Waals surface area contributed by atoms with Crippen LogP contribution in [0.4, 0.5) is 0 Å². The molecule has 0 unspecified atom stereocenters. The Balaban J connectivity index is 2.40. The van der Waals surface area contributed by atoms with E-state index < -0.39 is 0 Å². The van der Waals surface area contributed by atoms with Gasteiger partial charge in [-0.3, -0.25) is 9.59 Å². The van der Waals surface area contributed by atoms with Crippen LogP contribution >= 0.6 is 0 Å². The van der Waals surface area contributed by atoms with Crippen LogP contribution in [0.5, 0.6) is 0 Å². The molecule has 2 rings (SSSR count). The van der Waals surface area contributed by atoms with E-state index in [1.54, 1.807) is 12.1 Å². The van der Waals surface area contributed by atoms with Gasteiger partial charge in [-0.1, -0.05) is 0 Å². The Hall–Kier alpha value is -2.21. The minimum absolute atomic E-state index is 0.125. The number of hydrogen-bond acceptors (Lipinski definition) is 4. The number of amides is 1. The second kappa shape index (κ2) is 4.75. The van der Waals surface area contributed by atoms with E-state index in [2.05, 4.69) is 15.3 Å². The summed E-state index contributed by atoms with van der Waals surface area (Å²) < 4.78 is 4.73. The lowest BCUT2D eigenvalue weighted by molar-refractivity contribution is 0.0872. The largest absolute Gasteiger partial charge is 0.364 e. The van der Waals surface area contributed by atoms with Crippen LogP contribution < -0.4 is 10.9 Å². The molecule has 0 saturated carbocycles. The van der Waals surface area contributed by atoms with E-state index in [1.807, 2.05) is 0 Å². The molecule has 1 aromatic carbocycles. The van der Waals surface area contributed by atoms with Gasteiger partial charge in [0.15, 0.2) is 0 Å². The maximum absolute atomic E-state index is 11.6. The number of benzene rings is 1. The zero-order valence-corrected chi connectivity index (χ0v) is 9.19. The topological polar surface area (TPSA) is 84.1 Å². The van der Waals surface area contributed by atoms with Gasteiger partial charge in [-0.15, -0.1) is 0 Å².